The first-order valence-electron chi connectivity index (χ1n) is 5.02. The van der Waals surface area contributed by atoms with Crippen molar-refractivity contribution < 1.29 is 0 Å². The number of halogens is 1. The van der Waals surface area contributed by atoms with Gasteiger partial charge in [0, 0.05) is 31.0 Å². The maximum atomic E-state index is 5.75. The summed E-state index contributed by atoms with van der Waals surface area (Å²) in [7, 11) is 1.91. The molecule has 2 aromatic rings. The molecule has 0 bridgehead atoms. The molecule has 2 rings (SSSR count). The molecule has 0 aliphatic carbocycles. The maximum Gasteiger partial charge on any atom is 0.222 e. The zero-order valence-corrected chi connectivity index (χ0v) is 9.70. The number of aromatic nitrogens is 2. The molecule has 1 heterocycles. The molecule has 0 spiro atoms. The molecule has 1 N–H and O–H groups in total. The Morgan fingerprint density at radius 3 is 2.81 bits per heavy atom. The van der Waals surface area contributed by atoms with Crippen LogP contribution in [0, 0.1) is 0 Å². The van der Waals surface area contributed by atoms with E-state index in [1.807, 2.05) is 31.3 Å². The van der Waals surface area contributed by atoms with Gasteiger partial charge in [-0.15, -0.1) is 0 Å². The summed E-state index contributed by atoms with van der Waals surface area (Å²) in [6.45, 7) is 0. The van der Waals surface area contributed by atoms with Gasteiger partial charge in [0.1, 0.15) is 0 Å². The third-order valence-electron chi connectivity index (χ3n) is 2.34. The second-order valence-electron chi connectivity index (χ2n) is 3.40. The van der Waals surface area contributed by atoms with Gasteiger partial charge in [0.2, 0.25) is 5.28 Å². The molecular weight excluding hydrogens is 222 g/mol. The van der Waals surface area contributed by atoms with Crippen LogP contribution in [0.25, 0.3) is 0 Å². The minimum Gasteiger partial charge on any atom is -0.388 e. The van der Waals surface area contributed by atoms with Crippen molar-refractivity contribution >= 4 is 17.3 Å². The van der Waals surface area contributed by atoms with Gasteiger partial charge < -0.3 is 5.32 Å². The van der Waals surface area contributed by atoms with E-state index in [1.165, 1.54) is 5.56 Å². The van der Waals surface area contributed by atoms with Crippen molar-refractivity contribution in [2.45, 2.75) is 6.42 Å². The molecule has 1 aromatic carbocycles. The van der Waals surface area contributed by atoms with E-state index in [-0.39, 0.29) is 0 Å². The van der Waals surface area contributed by atoms with Crippen molar-refractivity contribution in [3.63, 3.8) is 0 Å². The Bertz CT molecular complexity index is 485. The predicted octanol–water partition coefficient (Wildman–Crippen LogP) is 2.76. The molecule has 0 saturated carbocycles. The van der Waals surface area contributed by atoms with Gasteiger partial charge in [-0.05, 0) is 29.3 Å². The Morgan fingerprint density at radius 1 is 1.25 bits per heavy atom. The lowest BCUT2D eigenvalue weighted by molar-refractivity contribution is 1.03. The summed E-state index contributed by atoms with van der Waals surface area (Å²) in [5.74, 6) is 0. The lowest BCUT2D eigenvalue weighted by Gasteiger charge is -2.08. The van der Waals surface area contributed by atoms with Crippen LogP contribution < -0.4 is 5.32 Å². The molecule has 0 saturated heterocycles. The van der Waals surface area contributed by atoms with Gasteiger partial charge in [-0.1, -0.05) is 18.2 Å². The highest BCUT2D eigenvalue weighted by Crippen LogP contribution is 2.17. The number of rotatable bonds is 3. The molecule has 0 aliphatic heterocycles. The second kappa shape index (κ2) is 4.94. The highest BCUT2D eigenvalue weighted by molar-refractivity contribution is 6.28. The van der Waals surface area contributed by atoms with Gasteiger partial charge in [0.25, 0.3) is 0 Å². The van der Waals surface area contributed by atoms with E-state index < -0.39 is 0 Å². The van der Waals surface area contributed by atoms with Crippen molar-refractivity contribution in [3.8, 4) is 0 Å². The number of nitrogens with zero attached hydrogens (tertiary/aromatic N) is 2. The topological polar surface area (TPSA) is 37.8 Å². The Morgan fingerprint density at radius 2 is 2.06 bits per heavy atom. The number of benzene rings is 1. The first-order chi connectivity index (χ1) is 7.79. The molecule has 0 unspecified atom stereocenters. The molecule has 0 atom stereocenters. The van der Waals surface area contributed by atoms with Crippen LogP contribution in [-0.2, 0) is 6.42 Å². The highest BCUT2D eigenvalue weighted by atomic mass is 35.5. The Labute approximate surface area is 99.5 Å². The van der Waals surface area contributed by atoms with Crippen LogP contribution in [0.2, 0.25) is 5.28 Å². The molecule has 1 aromatic heterocycles. The van der Waals surface area contributed by atoms with Gasteiger partial charge in [0.15, 0.2) is 0 Å². The second-order valence-corrected chi connectivity index (χ2v) is 3.74. The van der Waals surface area contributed by atoms with E-state index in [1.54, 1.807) is 6.20 Å². The van der Waals surface area contributed by atoms with Crippen LogP contribution >= 0.6 is 11.6 Å². The molecule has 4 heteroatoms. The Hall–Kier alpha value is -1.61. The summed E-state index contributed by atoms with van der Waals surface area (Å²) in [4.78, 5) is 8.03. The van der Waals surface area contributed by atoms with Gasteiger partial charge in [0.05, 0.1) is 0 Å². The van der Waals surface area contributed by atoms with Crippen molar-refractivity contribution in [1.82, 2.24) is 9.97 Å². The van der Waals surface area contributed by atoms with Crippen LogP contribution in [-0.4, -0.2) is 17.0 Å². The van der Waals surface area contributed by atoms with E-state index in [0.717, 1.165) is 17.8 Å². The number of hydrogen-bond acceptors (Lipinski definition) is 3. The maximum absolute atomic E-state index is 5.75. The molecule has 82 valence electrons. The number of nitrogens with one attached hydrogen (secondary N) is 1. The summed E-state index contributed by atoms with van der Waals surface area (Å²) in [5, 5.41) is 3.45. The van der Waals surface area contributed by atoms with Gasteiger partial charge >= 0.3 is 0 Å². The van der Waals surface area contributed by atoms with Crippen LogP contribution in [0.3, 0.4) is 0 Å². The number of hydrogen-bond donors (Lipinski definition) is 1. The molecule has 0 radical (unpaired) electrons. The zero-order valence-electron chi connectivity index (χ0n) is 8.94. The molecule has 3 nitrogen and oxygen atoms in total. The SMILES string of the molecule is CNc1ccccc1Cc1ccnc(Cl)n1. The highest BCUT2D eigenvalue weighted by Gasteiger charge is 2.03. The van der Waals surface area contributed by atoms with Gasteiger partial charge in [-0.2, -0.15) is 0 Å². The van der Waals surface area contributed by atoms with Crippen LogP contribution in [0.4, 0.5) is 5.69 Å². The third-order valence-corrected chi connectivity index (χ3v) is 2.52. The third kappa shape index (κ3) is 2.49. The van der Waals surface area contributed by atoms with Gasteiger partial charge in [-0.3, -0.25) is 0 Å². The summed E-state index contributed by atoms with van der Waals surface area (Å²) in [5.41, 5.74) is 3.22. The fraction of sp³-hybridized carbons (Fsp3) is 0.167. The first kappa shape index (κ1) is 10.9. The monoisotopic (exact) mass is 233 g/mol. The molecule has 16 heavy (non-hydrogen) atoms. The quantitative estimate of drug-likeness (QED) is 0.829. The van der Waals surface area contributed by atoms with Crippen LogP contribution in [0.1, 0.15) is 11.3 Å². The Kier molecular flexibility index (Phi) is 3.37. The molecule has 0 amide bonds. The minimum atomic E-state index is 0.291. The zero-order chi connectivity index (χ0) is 11.4. The van der Waals surface area contributed by atoms with Gasteiger partial charge in [-0.25, -0.2) is 9.97 Å². The average Bonchev–Trinajstić information content (AvgIpc) is 2.30. The van der Waals surface area contributed by atoms with Crippen molar-refractivity contribution in [3.05, 3.63) is 53.1 Å². The van der Waals surface area contributed by atoms with Crippen LogP contribution in [0.5, 0.6) is 0 Å². The van der Waals surface area contributed by atoms with E-state index >= 15 is 0 Å². The smallest absolute Gasteiger partial charge is 0.222 e. The van der Waals surface area contributed by atoms with E-state index in [4.69, 9.17) is 11.6 Å². The lowest BCUT2D eigenvalue weighted by Crippen LogP contribution is -1.98. The molecular formula is C12H12ClN3. The van der Waals surface area contributed by atoms with Crippen molar-refractivity contribution in [2.24, 2.45) is 0 Å². The van der Waals surface area contributed by atoms with E-state index in [2.05, 4.69) is 21.4 Å². The average molecular weight is 234 g/mol. The Balaban J connectivity index is 2.26. The normalized spacial score (nSPS) is 10.1. The summed E-state index contributed by atoms with van der Waals surface area (Å²) in [6, 6.07) is 10.00. The van der Waals surface area contributed by atoms with Crippen molar-refractivity contribution in [2.75, 3.05) is 12.4 Å². The minimum absolute atomic E-state index is 0.291. The first-order valence-corrected chi connectivity index (χ1v) is 5.40. The van der Waals surface area contributed by atoms with Crippen LogP contribution in [0.15, 0.2) is 36.5 Å². The number of para-hydroxylation sites is 1. The predicted molar refractivity (Wildman–Crippen MR) is 65.8 cm³/mol. The largest absolute Gasteiger partial charge is 0.388 e. The standard InChI is InChI=1S/C12H12ClN3/c1-14-11-5-3-2-4-9(11)8-10-6-7-15-12(13)16-10/h2-7,14H,8H2,1H3. The molecule has 0 fully saturated rings. The summed E-state index contributed by atoms with van der Waals surface area (Å²) >= 11 is 5.75. The fourth-order valence-electron chi connectivity index (χ4n) is 1.58. The summed E-state index contributed by atoms with van der Waals surface area (Å²) < 4.78 is 0. The van der Waals surface area contributed by atoms with Crippen molar-refractivity contribution in [1.29, 1.82) is 0 Å². The number of anilines is 1. The fourth-order valence-corrected chi connectivity index (χ4v) is 1.75. The van der Waals surface area contributed by atoms with E-state index in [9.17, 15) is 0 Å². The summed E-state index contributed by atoms with van der Waals surface area (Å²) in [6.07, 6.45) is 2.42. The lowest BCUT2D eigenvalue weighted by atomic mass is 10.1. The molecule has 0 aliphatic rings. The van der Waals surface area contributed by atoms with E-state index in [0.29, 0.717) is 5.28 Å².